The molecule has 0 atom stereocenters. The lowest BCUT2D eigenvalue weighted by Gasteiger charge is -2.06. The number of aromatic nitrogens is 2. The van der Waals surface area contributed by atoms with Crippen LogP contribution in [0.1, 0.15) is 11.1 Å². The highest BCUT2D eigenvalue weighted by molar-refractivity contribution is 6.30. The molecule has 104 valence electrons. The summed E-state index contributed by atoms with van der Waals surface area (Å²) in [4.78, 5) is 0. The molecule has 0 radical (unpaired) electrons. The van der Waals surface area contributed by atoms with Crippen LogP contribution in [-0.2, 0) is 6.42 Å². The molecular formula is C16H13ClN4. The van der Waals surface area contributed by atoms with E-state index in [1.54, 1.807) is 0 Å². The average Bonchev–Trinajstić information content (AvgIpc) is 2.98. The molecule has 0 aliphatic heterocycles. The monoisotopic (exact) mass is 296 g/mol. The summed E-state index contributed by atoms with van der Waals surface area (Å²) < 4.78 is 0. The number of hydrogen-bond acceptors (Lipinski definition) is 3. The Kier molecular flexibility index (Phi) is 2.65. The number of nitrogens with one attached hydrogen (secondary N) is 2. The summed E-state index contributed by atoms with van der Waals surface area (Å²) in [6, 6.07) is 13.6. The van der Waals surface area contributed by atoms with Gasteiger partial charge in [-0.05, 0) is 35.9 Å². The molecule has 0 amide bonds. The first-order valence-electron chi connectivity index (χ1n) is 6.69. The molecule has 2 aromatic carbocycles. The average molecular weight is 297 g/mol. The van der Waals surface area contributed by atoms with E-state index in [4.69, 9.17) is 17.3 Å². The standard InChI is InChI=1S/C16H13ClN4/c17-10-2-1-3-12(8-10)19-16-14-7-9-6-11(18)4-5-13(9)15(14)20-21-16/h1-6,8H,7,18H2,(H2,19,20,21). The van der Waals surface area contributed by atoms with Crippen LogP contribution in [0.25, 0.3) is 11.3 Å². The molecule has 4 N–H and O–H groups in total. The smallest absolute Gasteiger partial charge is 0.130 e. The van der Waals surface area contributed by atoms with Gasteiger partial charge in [-0.3, -0.25) is 5.10 Å². The van der Waals surface area contributed by atoms with Crippen LogP contribution in [0, 0.1) is 0 Å². The molecule has 5 heteroatoms. The maximum absolute atomic E-state index is 6.01. The summed E-state index contributed by atoms with van der Waals surface area (Å²) in [7, 11) is 0. The van der Waals surface area contributed by atoms with Gasteiger partial charge in [0.2, 0.25) is 0 Å². The number of aromatic amines is 1. The van der Waals surface area contributed by atoms with E-state index in [0.717, 1.165) is 40.4 Å². The Morgan fingerprint density at radius 1 is 1.19 bits per heavy atom. The Balaban J connectivity index is 1.71. The van der Waals surface area contributed by atoms with Crippen molar-refractivity contribution >= 4 is 28.8 Å². The minimum Gasteiger partial charge on any atom is -0.399 e. The summed E-state index contributed by atoms with van der Waals surface area (Å²) in [5, 5.41) is 11.5. The molecule has 0 saturated heterocycles. The quantitative estimate of drug-likeness (QED) is 0.490. The maximum Gasteiger partial charge on any atom is 0.130 e. The summed E-state index contributed by atoms with van der Waals surface area (Å²) in [6.45, 7) is 0. The number of nitrogen functional groups attached to an aromatic ring is 1. The molecule has 1 heterocycles. The number of nitrogens with two attached hydrogens (primary N) is 1. The molecular weight excluding hydrogens is 284 g/mol. The fraction of sp³-hybridized carbons (Fsp3) is 0.0625. The Labute approximate surface area is 126 Å². The van der Waals surface area contributed by atoms with Crippen molar-refractivity contribution in [2.45, 2.75) is 6.42 Å². The van der Waals surface area contributed by atoms with Gasteiger partial charge in [0, 0.05) is 33.9 Å². The van der Waals surface area contributed by atoms with Crippen molar-refractivity contribution in [1.29, 1.82) is 0 Å². The van der Waals surface area contributed by atoms with Gasteiger partial charge < -0.3 is 11.1 Å². The largest absolute Gasteiger partial charge is 0.399 e. The van der Waals surface area contributed by atoms with Crippen LogP contribution in [-0.4, -0.2) is 10.2 Å². The molecule has 0 spiro atoms. The summed E-state index contributed by atoms with van der Waals surface area (Å²) in [6.07, 6.45) is 0.828. The number of fused-ring (bicyclic) bond motifs is 3. The number of nitrogens with zero attached hydrogens (tertiary/aromatic N) is 1. The van der Waals surface area contributed by atoms with Crippen LogP contribution in [0.2, 0.25) is 5.02 Å². The van der Waals surface area contributed by atoms with Gasteiger partial charge in [0.05, 0.1) is 5.69 Å². The molecule has 0 bridgehead atoms. The van der Waals surface area contributed by atoms with Gasteiger partial charge >= 0.3 is 0 Å². The Morgan fingerprint density at radius 3 is 2.95 bits per heavy atom. The second-order valence-electron chi connectivity index (χ2n) is 5.15. The van der Waals surface area contributed by atoms with Crippen LogP contribution in [0.4, 0.5) is 17.2 Å². The highest BCUT2D eigenvalue weighted by Gasteiger charge is 2.24. The summed E-state index contributed by atoms with van der Waals surface area (Å²) in [5.41, 5.74) is 12.1. The third kappa shape index (κ3) is 2.04. The third-order valence-electron chi connectivity index (χ3n) is 3.71. The zero-order chi connectivity index (χ0) is 14.4. The molecule has 4 rings (SSSR count). The summed E-state index contributed by atoms with van der Waals surface area (Å²) in [5.74, 6) is 0.905. The maximum atomic E-state index is 6.01. The highest BCUT2D eigenvalue weighted by Crippen LogP contribution is 2.40. The van der Waals surface area contributed by atoms with Gasteiger partial charge in [-0.2, -0.15) is 5.10 Å². The fourth-order valence-electron chi connectivity index (χ4n) is 2.76. The number of anilines is 3. The van der Waals surface area contributed by atoms with Crippen molar-refractivity contribution in [1.82, 2.24) is 10.2 Å². The van der Waals surface area contributed by atoms with Gasteiger partial charge in [-0.1, -0.05) is 23.7 Å². The van der Waals surface area contributed by atoms with Crippen molar-refractivity contribution in [3.05, 3.63) is 58.6 Å². The predicted molar refractivity (Wildman–Crippen MR) is 86.0 cm³/mol. The van der Waals surface area contributed by atoms with E-state index in [1.165, 1.54) is 5.56 Å². The van der Waals surface area contributed by atoms with E-state index in [1.807, 2.05) is 42.5 Å². The number of rotatable bonds is 2. The molecule has 21 heavy (non-hydrogen) atoms. The first-order chi connectivity index (χ1) is 10.2. The van der Waals surface area contributed by atoms with E-state index in [2.05, 4.69) is 15.5 Å². The fourth-order valence-corrected chi connectivity index (χ4v) is 2.95. The van der Waals surface area contributed by atoms with Crippen molar-refractivity contribution in [2.24, 2.45) is 0 Å². The topological polar surface area (TPSA) is 66.7 Å². The number of halogens is 1. The van der Waals surface area contributed by atoms with Gasteiger partial charge in [0.25, 0.3) is 0 Å². The first kappa shape index (κ1) is 12.3. The molecule has 0 unspecified atom stereocenters. The molecule has 3 aromatic rings. The zero-order valence-electron chi connectivity index (χ0n) is 11.2. The molecule has 1 aliphatic rings. The van der Waals surface area contributed by atoms with E-state index in [9.17, 15) is 0 Å². The van der Waals surface area contributed by atoms with Crippen molar-refractivity contribution < 1.29 is 0 Å². The van der Waals surface area contributed by atoms with E-state index in [0.29, 0.717) is 5.02 Å². The molecule has 4 nitrogen and oxygen atoms in total. The van der Waals surface area contributed by atoms with Crippen molar-refractivity contribution in [3.63, 3.8) is 0 Å². The minimum atomic E-state index is 0.701. The Bertz CT molecular complexity index is 838. The van der Waals surface area contributed by atoms with Crippen LogP contribution in [0.5, 0.6) is 0 Å². The molecule has 1 aliphatic carbocycles. The van der Waals surface area contributed by atoms with Gasteiger partial charge in [-0.25, -0.2) is 0 Å². The molecule has 0 saturated carbocycles. The van der Waals surface area contributed by atoms with Crippen LogP contribution < -0.4 is 11.1 Å². The zero-order valence-corrected chi connectivity index (χ0v) is 11.9. The van der Waals surface area contributed by atoms with Gasteiger partial charge in [0.1, 0.15) is 5.82 Å². The SMILES string of the molecule is Nc1ccc2c(c1)Cc1c-2n[nH]c1Nc1cccc(Cl)c1. The van der Waals surface area contributed by atoms with Crippen LogP contribution >= 0.6 is 11.6 Å². The predicted octanol–water partition coefficient (Wildman–Crippen LogP) is 3.96. The lowest BCUT2D eigenvalue weighted by atomic mass is 10.1. The lowest BCUT2D eigenvalue weighted by Crippen LogP contribution is -1.95. The second kappa shape index (κ2) is 4.53. The Hall–Kier alpha value is -2.46. The Morgan fingerprint density at radius 2 is 2.10 bits per heavy atom. The number of H-pyrrole nitrogens is 1. The van der Waals surface area contributed by atoms with Crippen LogP contribution in [0.15, 0.2) is 42.5 Å². The van der Waals surface area contributed by atoms with Crippen molar-refractivity contribution in [2.75, 3.05) is 11.1 Å². The van der Waals surface area contributed by atoms with E-state index < -0.39 is 0 Å². The van der Waals surface area contributed by atoms with Gasteiger partial charge in [0.15, 0.2) is 0 Å². The van der Waals surface area contributed by atoms with Gasteiger partial charge in [-0.15, -0.1) is 0 Å². The minimum absolute atomic E-state index is 0.701. The number of benzene rings is 2. The third-order valence-corrected chi connectivity index (χ3v) is 3.95. The van der Waals surface area contributed by atoms with Crippen molar-refractivity contribution in [3.8, 4) is 11.3 Å². The lowest BCUT2D eigenvalue weighted by molar-refractivity contribution is 1.09. The molecule has 1 aromatic heterocycles. The normalized spacial score (nSPS) is 12.0. The highest BCUT2D eigenvalue weighted by atomic mass is 35.5. The van der Waals surface area contributed by atoms with E-state index >= 15 is 0 Å². The van der Waals surface area contributed by atoms with Crippen LogP contribution in [0.3, 0.4) is 0 Å². The summed E-state index contributed by atoms with van der Waals surface area (Å²) >= 11 is 6.01. The second-order valence-corrected chi connectivity index (χ2v) is 5.59. The number of hydrogen-bond donors (Lipinski definition) is 3. The van der Waals surface area contributed by atoms with E-state index in [-0.39, 0.29) is 0 Å². The first-order valence-corrected chi connectivity index (χ1v) is 7.07. The molecule has 0 fully saturated rings.